The molecule has 0 saturated carbocycles. The summed E-state index contributed by atoms with van der Waals surface area (Å²) in [4.78, 5) is 11.7. The van der Waals surface area contributed by atoms with Gasteiger partial charge in [-0.2, -0.15) is 0 Å². The van der Waals surface area contributed by atoms with Crippen molar-refractivity contribution in [2.45, 2.75) is 39.7 Å². The van der Waals surface area contributed by atoms with Crippen LogP contribution in [0.15, 0.2) is 30.3 Å². The summed E-state index contributed by atoms with van der Waals surface area (Å²) in [6.07, 6.45) is 0.422. The van der Waals surface area contributed by atoms with E-state index in [0.29, 0.717) is 13.1 Å². The summed E-state index contributed by atoms with van der Waals surface area (Å²) in [5.74, 6) is 0. The Morgan fingerprint density at radius 1 is 1.20 bits per heavy atom. The lowest BCUT2D eigenvalue weighted by atomic mass is 9.83. The second-order valence-corrected chi connectivity index (χ2v) is 6.53. The van der Waals surface area contributed by atoms with Gasteiger partial charge in [0.15, 0.2) is 0 Å². The van der Waals surface area contributed by atoms with Gasteiger partial charge in [-0.05, 0) is 39.3 Å². The van der Waals surface area contributed by atoms with Gasteiger partial charge >= 0.3 is 6.09 Å². The van der Waals surface area contributed by atoms with E-state index in [1.165, 1.54) is 5.56 Å². The molecule has 0 heterocycles. The molecule has 0 radical (unpaired) electrons. The lowest BCUT2D eigenvalue weighted by molar-refractivity contribution is 0.0504. The van der Waals surface area contributed by atoms with E-state index in [4.69, 9.17) is 10.5 Å². The quantitative estimate of drug-likeness (QED) is 0.870. The van der Waals surface area contributed by atoms with Crippen LogP contribution in [0.4, 0.5) is 4.79 Å². The molecule has 0 aliphatic heterocycles. The summed E-state index contributed by atoms with van der Waals surface area (Å²) < 4.78 is 5.24. The Morgan fingerprint density at radius 2 is 1.80 bits per heavy atom. The van der Waals surface area contributed by atoms with Crippen LogP contribution in [0.5, 0.6) is 0 Å². The Bertz CT molecular complexity index is 426. The van der Waals surface area contributed by atoms with E-state index in [9.17, 15) is 4.79 Å². The van der Waals surface area contributed by atoms with Crippen LogP contribution in [0.1, 0.15) is 33.3 Å². The van der Waals surface area contributed by atoms with Crippen molar-refractivity contribution >= 4 is 6.09 Å². The van der Waals surface area contributed by atoms with Crippen LogP contribution in [0.25, 0.3) is 0 Å². The fraction of sp³-hybridized carbons (Fsp3) is 0.562. The van der Waals surface area contributed by atoms with Gasteiger partial charge < -0.3 is 15.8 Å². The highest BCUT2D eigenvalue weighted by atomic mass is 16.6. The van der Waals surface area contributed by atoms with Gasteiger partial charge in [0.25, 0.3) is 0 Å². The van der Waals surface area contributed by atoms with Crippen molar-refractivity contribution < 1.29 is 9.53 Å². The molecule has 4 heteroatoms. The van der Waals surface area contributed by atoms with E-state index in [1.807, 2.05) is 39.0 Å². The van der Waals surface area contributed by atoms with E-state index in [0.717, 1.165) is 6.42 Å². The number of nitrogens with one attached hydrogen (secondary N) is 1. The Morgan fingerprint density at radius 3 is 2.30 bits per heavy atom. The number of rotatable bonds is 5. The number of carbonyl (C=O) groups is 1. The molecule has 0 bridgehead atoms. The van der Waals surface area contributed by atoms with Crippen molar-refractivity contribution in [3.63, 3.8) is 0 Å². The molecule has 0 saturated heterocycles. The van der Waals surface area contributed by atoms with E-state index in [2.05, 4.69) is 24.4 Å². The molecule has 1 aromatic carbocycles. The SMILES string of the molecule is CC(CN)(CNC(=O)OC(C)(C)C)Cc1ccccc1. The van der Waals surface area contributed by atoms with Crippen LogP contribution in [0.2, 0.25) is 0 Å². The Hall–Kier alpha value is -1.55. The summed E-state index contributed by atoms with van der Waals surface area (Å²) >= 11 is 0. The van der Waals surface area contributed by atoms with Gasteiger partial charge in [-0.15, -0.1) is 0 Å². The van der Waals surface area contributed by atoms with E-state index in [1.54, 1.807) is 0 Å². The molecule has 0 aliphatic carbocycles. The first-order valence-corrected chi connectivity index (χ1v) is 6.95. The van der Waals surface area contributed by atoms with Gasteiger partial charge in [0.2, 0.25) is 0 Å². The van der Waals surface area contributed by atoms with Gasteiger partial charge in [0.05, 0.1) is 0 Å². The molecular weight excluding hydrogens is 252 g/mol. The van der Waals surface area contributed by atoms with Gasteiger partial charge in [0.1, 0.15) is 5.60 Å². The minimum absolute atomic E-state index is 0.182. The van der Waals surface area contributed by atoms with Crippen LogP contribution in [0.3, 0.4) is 0 Å². The fourth-order valence-corrected chi connectivity index (χ4v) is 1.90. The van der Waals surface area contributed by atoms with Gasteiger partial charge in [-0.1, -0.05) is 37.3 Å². The van der Waals surface area contributed by atoms with Crippen molar-refractivity contribution in [3.05, 3.63) is 35.9 Å². The number of nitrogens with two attached hydrogens (primary N) is 1. The first-order valence-electron chi connectivity index (χ1n) is 6.95. The zero-order valence-corrected chi connectivity index (χ0v) is 12.9. The Balaban J connectivity index is 2.55. The van der Waals surface area contributed by atoms with Gasteiger partial charge in [-0.3, -0.25) is 0 Å². The molecule has 20 heavy (non-hydrogen) atoms. The smallest absolute Gasteiger partial charge is 0.407 e. The summed E-state index contributed by atoms with van der Waals surface area (Å²) in [7, 11) is 0. The van der Waals surface area contributed by atoms with E-state index in [-0.39, 0.29) is 5.41 Å². The predicted molar refractivity (Wildman–Crippen MR) is 81.5 cm³/mol. The minimum Gasteiger partial charge on any atom is -0.444 e. The topological polar surface area (TPSA) is 64.3 Å². The predicted octanol–water partition coefficient (Wildman–Crippen LogP) is 2.72. The zero-order valence-electron chi connectivity index (χ0n) is 12.9. The van der Waals surface area contributed by atoms with Gasteiger partial charge in [0, 0.05) is 12.0 Å². The van der Waals surface area contributed by atoms with E-state index >= 15 is 0 Å². The molecule has 1 rings (SSSR count). The maximum Gasteiger partial charge on any atom is 0.407 e. The van der Waals surface area contributed by atoms with Crippen LogP contribution in [-0.4, -0.2) is 24.8 Å². The van der Waals surface area contributed by atoms with Crippen LogP contribution in [-0.2, 0) is 11.2 Å². The number of benzene rings is 1. The second kappa shape index (κ2) is 6.75. The third kappa shape index (κ3) is 6.06. The lowest BCUT2D eigenvalue weighted by Crippen LogP contribution is -2.43. The maximum absolute atomic E-state index is 11.7. The molecule has 1 unspecified atom stereocenters. The summed E-state index contributed by atoms with van der Waals surface area (Å²) in [6, 6.07) is 10.1. The number of ether oxygens (including phenoxy) is 1. The minimum atomic E-state index is -0.484. The molecule has 3 N–H and O–H groups in total. The lowest BCUT2D eigenvalue weighted by Gasteiger charge is -2.29. The van der Waals surface area contributed by atoms with Crippen LogP contribution in [0, 0.1) is 5.41 Å². The fourth-order valence-electron chi connectivity index (χ4n) is 1.90. The van der Waals surface area contributed by atoms with Crippen molar-refractivity contribution in [1.82, 2.24) is 5.32 Å². The number of hydrogen-bond acceptors (Lipinski definition) is 3. The summed E-state index contributed by atoms with van der Waals surface area (Å²) in [5.41, 5.74) is 6.42. The summed E-state index contributed by atoms with van der Waals surface area (Å²) in [6.45, 7) is 8.60. The first kappa shape index (κ1) is 16.5. The third-order valence-electron chi connectivity index (χ3n) is 3.02. The molecule has 112 valence electrons. The highest BCUT2D eigenvalue weighted by Gasteiger charge is 2.25. The average Bonchev–Trinajstić information content (AvgIpc) is 2.36. The highest BCUT2D eigenvalue weighted by molar-refractivity contribution is 5.67. The number of amides is 1. The third-order valence-corrected chi connectivity index (χ3v) is 3.02. The van der Waals surface area contributed by atoms with Gasteiger partial charge in [-0.25, -0.2) is 4.79 Å². The molecule has 4 nitrogen and oxygen atoms in total. The van der Waals surface area contributed by atoms with Crippen molar-refractivity contribution in [1.29, 1.82) is 0 Å². The molecule has 0 aromatic heterocycles. The van der Waals surface area contributed by atoms with Crippen LogP contribution < -0.4 is 11.1 Å². The van der Waals surface area contributed by atoms with Crippen molar-refractivity contribution in [2.24, 2.45) is 11.1 Å². The first-order chi connectivity index (χ1) is 9.24. The molecule has 0 spiro atoms. The molecule has 0 aliphatic rings. The van der Waals surface area contributed by atoms with Crippen molar-refractivity contribution in [2.75, 3.05) is 13.1 Å². The maximum atomic E-state index is 11.7. The second-order valence-electron chi connectivity index (χ2n) is 6.53. The van der Waals surface area contributed by atoms with Crippen LogP contribution >= 0.6 is 0 Å². The Labute approximate surface area is 121 Å². The molecular formula is C16H26N2O2. The standard InChI is InChI=1S/C16H26N2O2/c1-15(2,3)20-14(19)18-12-16(4,11-17)10-13-8-6-5-7-9-13/h5-9H,10-12,17H2,1-4H3,(H,18,19). The van der Waals surface area contributed by atoms with Crippen molar-refractivity contribution in [3.8, 4) is 0 Å². The normalized spacial score (nSPS) is 14.4. The summed E-state index contributed by atoms with van der Waals surface area (Å²) in [5, 5.41) is 2.81. The monoisotopic (exact) mass is 278 g/mol. The number of carbonyl (C=O) groups excluding carboxylic acids is 1. The number of hydrogen-bond donors (Lipinski definition) is 2. The van der Waals surface area contributed by atoms with E-state index < -0.39 is 11.7 Å². The highest BCUT2D eigenvalue weighted by Crippen LogP contribution is 2.20. The zero-order chi connectivity index (χ0) is 15.2. The molecule has 1 aromatic rings. The molecule has 0 fully saturated rings. The number of alkyl carbamates (subject to hydrolysis) is 1. The molecule has 1 atom stereocenters. The average molecular weight is 278 g/mol. The molecule has 1 amide bonds. The Kier molecular flexibility index (Phi) is 5.57. The largest absolute Gasteiger partial charge is 0.444 e.